The first-order chi connectivity index (χ1) is 17.9. The van der Waals surface area contributed by atoms with Crippen LogP contribution in [0.3, 0.4) is 0 Å². The summed E-state index contributed by atoms with van der Waals surface area (Å²) >= 11 is 0. The van der Waals surface area contributed by atoms with Crippen molar-refractivity contribution in [2.45, 2.75) is 65.1 Å². The molecule has 37 heavy (non-hydrogen) atoms. The number of piperazine rings is 1. The van der Waals surface area contributed by atoms with Crippen molar-refractivity contribution in [3.8, 4) is 0 Å². The lowest BCUT2D eigenvalue weighted by atomic mass is 9.98. The quantitative estimate of drug-likeness (QED) is 0.543. The molecule has 2 fully saturated rings. The van der Waals surface area contributed by atoms with Crippen molar-refractivity contribution in [1.82, 2.24) is 14.8 Å². The number of nitrogens with zero attached hydrogens (tertiary/aromatic N) is 6. The summed E-state index contributed by atoms with van der Waals surface area (Å²) < 4.78 is 0. The van der Waals surface area contributed by atoms with E-state index in [4.69, 9.17) is 9.98 Å². The fourth-order valence-corrected chi connectivity index (χ4v) is 6.04. The number of rotatable bonds is 4. The summed E-state index contributed by atoms with van der Waals surface area (Å²) in [5, 5.41) is 0. The molecule has 0 radical (unpaired) electrons. The molecule has 7 nitrogen and oxygen atoms in total. The van der Waals surface area contributed by atoms with Gasteiger partial charge in [-0.1, -0.05) is 38.6 Å². The number of benzene rings is 1. The van der Waals surface area contributed by atoms with Gasteiger partial charge in [-0.05, 0) is 62.8 Å². The summed E-state index contributed by atoms with van der Waals surface area (Å²) in [6.07, 6.45) is 6.98. The minimum atomic E-state index is -0.105. The van der Waals surface area contributed by atoms with Crippen molar-refractivity contribution < 1.29 is 4.79 Å². The first-order valence-electron chi connectivity index (χ1n) is 13.8. The number of anilines is 3. The lowest BCUT2D eigenvalue weighted by molar-refractivity contribution is -0.128. The number of amides is 1. The van der Waals surface area contributed by atoms with Crippen molar-refractivity contribution in [1.29, 1.82) is 0 Å². The molecule has 2 atom stereocenters. The number of pyridine rings is 1. The van der Waals surface area contributed by atoms with Crippen LogP contribution in [-0.2, 0) is 4.79 Å². The van der Waals surface area contributed by atoms with Gasteiger partial charge >= 0.3 is 0 Å². The van der Waals surface area contributed by atoms with Gasteiger partial charge in [0.05, 0.1) is 11.3 Å². The van der Waals surface area contributed by atoms with Gasteiger partial charge in [0.15, 0.2) is 0 Å². The maximum absolute atomic E-state index is 12.3. The smallest absolute Gasteiger partial charge is 0.246 e. The standard InChI is InChI=1S/C30H40N6O/c1-6-27(37)34-18-19-35(22(4)20-34)30-28-26(33-16-10-7-11-17-33)14-15-31-29(28)36(23(5)32-30)25-13-9-8-12-24(25)21(2)3/h6,8-9,12-15,21-23H,1,7,10-11,16-20H2,2-5H3/t22-,23-/m0/s1. The highest BCUT2D eigenvalue weighted by Crippen LogP contribution is 2.42. The molecule has 1 aromatic heterocycles. The van der Waals surface area contributed by atoms with E-state index in [1.807, 2.05) is 11.1 Å². The van der Waals surface area contributed by atoms with Gasteiger partial charge in [0, 0.05) is 50.6 Å². The Kier molecular flexibility index (Phi) is 7.22. The van der Waals surface area contributed by atoms with E-state index in [2.05, 4.69) is 79.3 Å². The summed E-state index contributed by atoms with van der Waals surface area (Å²) in [6.45, 7) is 16.7. The Bertz CT molecular complexity index is 1180. The number of carbonyl (C=O) groups is 1. The summed E-state index contributed by atoms with van der Waals surface area (Å²) in [7, 11) is 0. The predicted octanol–water partition coefficient (Wildman–Crippen LogP) is 5.16. The van der Waals surface area contributed by atoms with Crippen LogP contribution in [0, 0.1) is 0 Å². The average Bonchev–Trinajstić information content (AvgIpc) is 2.92. The van der Waals surface area contributed by atoms with Gasteiger partial charge in [-0.2, -0.15) is 0 Å². The Balaban J connectivity index is 1.63. The molecule has 1 amide bonds. The minimum absolute atomic E-state index is 0.00186. The highest BCUT2D eigenvalue weighted by atomic mass is 16.2. The molecule has 1 aromatic carbocycles. The Hall–Kier alpha value is -3.35. The second-order valence-electron chi connectivity index (χ2n) is 10.8. The van der Waals surface area contributed by atoms with E-state index in [1.54, 1.807) is 0 Å². The number of aromatic nitrogens is 1. The van der Waals surface area contributed by atoms with Crippen LogP contribution in [-0.4, -0.2) is 71.5 Å². The predicted molar refractivity (Wildman–Crippen MR) is 152 cm³/mol. The summed E-state index contributed by atoms with van der Waals surface area (Å²) in [5.41, 5.74) is 4.82. The van der Waals surface area contributed by atoms with Crippen LogP contribution in [0.5, 0.6) is 0 Å². The fraction of sp³-hybridized carbons (Fsp3) is 0.500. The van der Waals surface area contributed by atoms with E-state index in [1.165, 1.54) is 42.3 Å². The zero-order valence-electron chi connectivity index (χ0n) is 22.7. The van der Waals surface area contributed by atoms with Crippen LogP contribution in [0.1, 0.15) is 64.0 Å². The zero-order chi connectivity index (χ0) is 26.1. The summed E-state index contributed by atoms with van der Waals surface area (Å²) in [4.78, 5) is 31.9. The number of amidine groups is 1. The number of piperidine rings is 1. The lowest BCUT2D eigenvalue weighted by Gasteiger charge is -2.45. The van der Waals surface area contributed by atoms with E-state index in [0.29, 0.717) is 19.0 Å². The Labute approximate surface area is 221 Å². The monoisotopic (exact) mass is 500 g/mol. The van der Waals surface area contributed by atoms with Crippen LogP contribution in [0.25, 0.3) is 0 Å². The van der Waals surface area contributed by atoms with Gasteiger partial charge < -0.3 is 19.6 Å². The third-order valence-corrected chi connectivity index (χ3v) is 7.94. The van der Waals surface area contributed by atoms with Gasteiger partial charge in [0.2, 0.25) is 5.91 Å². The molecule has 0 N–H and O–H groups in total. The third kappa shape index (κ3) is 4.72. The number of para-hydroxylation sites is 1. The summed E-state index contributed by atoms with van der Waals surface area (Å²) in [6, 6.07) is 11.0. The lowest BCUT2D eigenvalue weighted by Crippen LogP contribution is -2.56. The maximum atomic E-state index is 12.3. The highest BCUT2D eigenvalue weighted by molar-refractivity contribution is 6.10. The van der Waals surface area contributed by atoms with Crippen molar-refractivity contribution in [2.24, 2.45) is 4.99 Å². The molecule has 0 unspecified atom stereocenters. The molecule has 196 valence electrons. The van der Waals surface area contributed by atoms with Gasteiger partial charge in [0.25, 0.3) is 0 Å². The van der Waals surface area contributed by atoms with Crippen molar-refractivity contribution >= 4 is 28.9 Å². The number of hydrogen-bond acceptors (Lipinski definition) is 6. The summed E-state index contributed by atoms with van der Waals surface area (Å²) in [5.74, 6) is 2.37. The van der Waals surface area contributed by atoms with Gasteiger partial charge in [-0.3, -0.25) is 4.79 Å². The molecule has 0 saturated carbocycles. The number of fused-ring (bicyclic) bond motifs is 1. The molecule has 7 heteroatoms. The third-order valence-electron chi connectivity index (χ3n) is 7.94. The van der Waals surface area contributed by atoms with Crippen molar-refractivity contribution in [2.75, 3.05) is 42.5 Å². The SMILES string of the molecule is C=CC(=O)N1CCN(C2=N[C@H](C)N(c3ccccc3C(C)C)c3nccc(N4CCCCC4)c32)[C@@H](C)C1. The largest absolute Gasteiger partial charge is 0.371 e. The van der Waals surface area contributed by atoms with Crippen molar-refractivity contribution in [3.63, 3.8) is 0 Å². The first-order valence-corrected chi connectivity index (χ1v) is 13.8. The van der Waals surface area contributed by atoms with Gasteiger partial charge in [0.1, 0.15) is 17.8 Å². The van der Waals surface area contributed by atoms with Crippen LogP contribution in [0.2, 0.25) is 0 Å². The zero-order valence-corrected chi connectivity index (χ0v) is 22.7. The number of carbonyl (C=O) groups excluding carboxylic acids is 1. The molecule has 3 aliphatic heterocycles. The molecule has 5 rings (SSSR count). The second-order valence-corrected chi connectivity index (χ2v) is 10.8. The van der Waals surface area contributed by atoms with E-state index in [0.717, 1.165) is 36.9 Å². The Morgan fingerprint density at radius 3 is 2.49 bits per heavy atom. The van der Waals surface area contributed by atoms with E-state index >= 15 is 0 Å². The Morgan fingerprint density at radius 1 is 1.03 bits per heavy atom. The Morgan fingerprint density at radius 2 is 1.78 bits per heavy atom. The maximum Gasteiger partial charge on any atom is 0.246 e. The molecule has 3 aliphatic rings. The molecule has 0 bridgehead atoms. The topological polar surface area (TPSA) is 55.3 Å². The molecular weight excluding hydrogens is 460 g/mol. The van der Waals surface area contributed by atoms with E-state index in [9.17, 15) is 4.79 Å². The van der Waals surface area contributed by atoms with Crippen molar-refractivity contribution in [3.05, 3.63) is 60.3 Å². The average molecular weight is 501 g/mol. The van der Waals surface area contributed by atoms with Gasteiger partial charge in [-0.25, -0.2) is 9.98 Å². The molecule has 2 saturated heterocycles. The van der Waals surface area contributed by atoms with E-state index < -0.39 is 0 Å². The minimum Gasteiger partial charge on any atom is -0.371 e. The van der Waals surface area contributed by atoms with Crippen LogP contribution >= 0.6 is 0 Å². The first kappa shape index (κ1) is 25.3. The number of aliphatic imine (C=N–C) groups is 1. The van der Waals surface area contributed by atoms with Crippen LogP contribution in [0.15, 0.2) is 54.2 Å². The van der Waals surface area contributed by atoms with Gasteiger partial charge in [-0.15, -0.1) is 0 Å². The molecule has 4 heterocycles. The fourth-order valence-electron chi connectivity index (χ4n) is 6.04. The number of hydrogen-bond donors (Lipinski definition) is 0. The van der Waals surface area contributed by atoms with E-state index in [-0.39, 0.29) is 18.1 Å². The molecule has 2 aromatic rings. The second kappa shape index (κ2) is 10.6. The normalized spacial score (nSPS) is 22.1. The van der Waals surface area contributed by atoms with Crippen LogP contribution < -0.4 is 9.80 Å². The molecule has 0 spiro atoms. The highest BCUT2D eigenvalue weighted by Gasteiger charge is 2.38. The molecule has 0 aliphatic carbocycles. The molecular formula is C30H40N6O. The van der Waals surface area contributed by atoms with Crippen LogP contribution in [0.4, 0.5) is 17.2 Å².